The van der Waals surface area contributed by atoms with Crippen molar-refractivity contribution in [2.24, 2.45) is 0 Å². The average molecular weight is 543 g/mol. The first kappa shape index (κ1) is 24.7. The van der Waals surface area contributed by atoms with E-state index in [0.717, 1.165) is 53.4 Å². The molecule has 0 spiro atoms. The molecular formula is C26H23ClN2O5S2. The standard InChI is InChI=1S/C26H23ClN2O5S2/c27-23-9-10-25(35-23)36(33,34)16-21(30)13-17-3-5-19(6-4-17)29-24(31)15-18-14-20(28-11-1-2-12-28)7-8-22(18)26(29)32/h3-10,14H,1-2,11-13,15-16H2. The summed E-state index contributed by atoms with van der Waals surface area (Å²) < 4.78 is 25.2. The van der Waals surface area contributed by atoms with Gasteiger partial charge in [0.25, 0.3) is 5.91 Å². The molecule has 0 atom stereocenters. The van der Waals surface area contributed by atoms with Gasteiger partial charge in [0.2, 0.25) is 5.91 Å². The lowest BCUT2D eigenvalue weighted by Gasteiger charge is -2.28. The van der Waals surface area contributed by atoms with E-state index in [1.807, 2.05) is 12.1 Å². The number of carbonyl (C=O) groups is 3. The molecule has 7 nitrogen and oxygen atoms in total. The third-order valence-electron chi connectivity index (χ3n) is 6.39. The van der Waals surface area contributed by atoms with Crippen molar-refractivity contribution in [2.75, 3.05) is 28.6 Å². The number of hydrogen-bond donors (Lipinski definition) is 0. The minimum Gasteiger partial charge on any atom is -0.372 e. The van der Waals surface area contributed by atoms with E-state index < -0.39 is 21.4 Å². The quantitative estimate of drug-likeness (QED) is 0.413. The van der Waals surface area contributed by atoms with Crippen LogP contribution in [0.5, 0.6) is 0 Å². The zero-order chi connectivity index (χ0) is 25.4. The first-order valence-corrected chi connectivity index (χ1v) is 14.4. The largest absolute Gasteiger partial charge is 0.372 e. The molecule has 0 unspecified atom stereocenters. The molecule has 0 N–H and O–H groups in total. The Bertz CT molecular complexity index is 1460. The Labute approximate surface area is 218 Å². The van der Waals surface area contributed by atoms with E-state index in [0.29, 0.717) is 21.2 Å². The van der Waals surface area contributed by atoms with Crippen molar-refractivity contribution < 1.29 is 22.8 Å². The summed E-state index contributed by atoms with van der Waals surface area (Å²) in [5.41, 5.74) is 3.29. The van der Waals surface area contributed by atoms with E-state index >= 15 is 0 Å². The molecule has 36 heavy (non-hydrogen) atoms. The van der Waals surface area contributed by atoms with Crippen molar-refractivity contribution in [3.05, 3.63) is 75.6 Å². The number of halogens is 1. The molecule has 2 amide bonds. The molecule has 1 saturated heterocycles. The minimum atomic E-state index is -3.75. The molecule has 186 valence electrons. The third kappa shape index (κ3) is 4.96. The molecular weight excluding hydrogens is 520 g/mol. The molecule has 3 heterocycles. The van der Waals surface area contributed by atoms with Crippen LogP contribution >= 0.6 is 22.9 Å². The number of benzene rings is 2. The lowest BCUT2D eigenvalue weighted by atomic mass is 9.96. The number of amides is 2. The summed E-state index contributed by atoms with van der Waals surface area (Å²) in [4.78, 5) is 42.0. The predicted octanol–water partition coefficient (Wildman–Crippen LogP) is 4.32. The first-order chi connectivity index (χ1) is 17.2. The highest BCUT2D eigenvalue weighted by Gasteiger charge is 2.33. The number of hydrogen-bond acceptors (Lipinski definition) is 7. The number of sulfone groups is 1. The van der Waals surface area contributed by atoms with Crippen molar-refractivity contribution in [3.8, 4) is 0 Å². The second kappa shape index (κ2) is 9.80. The zero-order valence-corrected chi connectivity index (χ0v) is 21.7. The average Bonchev–Trinajstić information content (AvgIpc) is 3.52. The number of anilines is 2. The highest BCUT2D eigenvalue weighted by atomic mass is 35.5. The van der Waals surface area contributed by atoms with Crippen LogP contribution in [0.1, 0.15) is 34.3 Å². The van der Waals surface area contributed by atoms with Crippen LogP contribution < -0.4 is 9.80 Å². The maximum atomic E-state index is 13.2. The highest BCUT2D eigenvalue weighted by molar-refractivity contribution is 7.94. The van der Waals surface area contributed by atoms with Gasteiger partial charge in [-0.1, -0.05) is 23.7 Å². The van der Waals surface area contributed by atoms with Crippen molar-refractivity contribution in [1.82, 2.24) is 0 Å². The van der Waals surface area contributed by atoms with Gasteiger partial charge in [0.15, 0.2) is 15.6 Å². The molecule has 0 bridgehead atoms. The second-order valence-corrected chi connectivity index (χ2v) is 12.9. The van der Waals surface area contributed by atoms with Gasteiger partial charge in [0, 0.05) is 30.8 Å². The maximum absolute atomic E-state index is 13.2. The van der Waals surface area contributed by atoms with Crippen LogP contribution in [0, 0.1) is 0 Å². The molecule has 3 aromatic rings. The van der Waals surface area contributed by atoms with Gasteiger partial charge >= 0.3 is 0 Å². The van der Waals surface area contributed by atoms with Crippen LogP contribution in [-0.4, -0.2) is 44.9 Å². The van der Waals surface area contributed by atoms with Gasteiger partial charge in [-0.05, 0) is 66.4 Å². The number of carbonyl (C=O) groups excluding carboxylic acids is 3. The fourth-order valence-electron chi connectivity index (χ4n) is 4.63. The monoisotopic (exact) mass is 542 g/mol. The normalized spacial score (nSPS) is 15.9. The Balaban J connectivity index is 1.28. The first-order valence-electron chi connectivity index (χ1n) is 11.6. The number of imide groups is 1. The SMILES string of the molecule is O=C(Cc1ccc(N2C(=O)Cc3cc(N4CCCC4)ccc3C2=O)cc1)CS(=O)(=O)c1ccc(Cl)s1. The van der Waals surface area contributed by atoms with E-state index in [1.165, 1.54) is 12.1 Å². The highest BCUT2D eigenvalue weighted by Crippen LogP contribution is 2.30. The van der Waals surface area contributed by atoms with Crippen molar-refractivity contribution in [3.63, 3.8) is 0 Å². The molecule has 0 aliphatic carbocycles. The van der Waals surface area contributed by atoms with Crippen LogP contribution in [-0.2, 0) is 32.3 Å². The third-order valence-corrected chi connectivity index (χ3v) is 9.88. The molecule has 5 rings (SSSR count). The summed E-state index contributed by atoms with van der Waals surface area (Å²) in [6, 6.07) is 15.0. The van der Waals surface area contributed by atoms with E-state index in [1.54, 1.807) is 30.3 Å². The Morgan fingerprint density at radius 3 is 2.31 bits per heavy atom. The van der Waals surface area contributed by atoms with Gasteiger partial charge in [0.05, 0.1) is 16.4 Å². The summed E-state index contributed by atoms with van der Waals surface area (Å²) in [6.07, 6.45) is 2.34. The summed E-state index contributed by atoms with van der Waals surface area (Å²) >= 11 is 6.73. The van der Waals surface area contributed by atoms with E-state index in [4.69, 9.17) is 11.6 Å². The Kier molecular flexibility index (Phi) is 6.72. The molecule has 0 saturated carbocycles. The summed E-state index contributed by atoms with van der Waals surface area (Å²) in [5, 5.41) is 0. The smallest absolute Gasteiger partial charge is 0.265 e. The Morgan fingerprint density at radius 1 is 0.944 bits per heavy atom. The molecule has 2 aromatic carbocycles. The predicted molar refractivity (Wildman–Crippen MR) is 140 cm³/mol. The van der Waals surface area contributed by atoms with Crippen LogP contribution in [0.25, 0.3) is 0 Å². The van der Waals surface area contributed by atoms with E-state index in [2.05, 4.69) is 4.90 Å². The van der Waals surface area contributed by atoms with Gasteiger partial charge < -0.3 is 4.90 Å². The topological polar surface area (TPSA) is 91.8 Å². The van der Waals surface area contributed by atoms with Crippen LogP contribution in [0.3, 0.4) is 0 Å². The maximum Gasteiger partial charge on any atom is 0.265 e. The van der Waals surface area contributed by atoms with Crippen LogP contribution in [0.2, 0.25) is 4.34 Å². The number of nitrogens with zero attached hydrogens (tertiary/aromatic N) is 2. The molecule has 10 heteroatoms. The zero-order valence-electron chi connectivity index (χ0n) is 19.3. The van der Waals surface area contributed by atoms with Crippen molar-refractivity contribution in [1.29, 1.82) is 0 Å². The fourth-order valence-corrected chi connectivity index (χ4v) is 7.44. The molecule has 0 radical (unpaired) electrons. The van der Waals surface area contributed by atoms with Gasteiger partial charge in [-0.25, -0.2) is 13.3 Å². The van der Waals surface area contributed by atoms with Crippen molar-refractivity contribution >= 4 is 61.7 Å². The molecule has 2 aliphatic rings. The van der Waals surface area contributed by atoms with Gasteiger partial charge in [0.1, 0.15) is 9.96 Å². The molecule has 1 fully saturated rings. The lowest BCUT2D eigenvalue weighted by Crippen LogP contribution is -2.42. The number of Topliss-reactive ketones (excluding diaryl/α,β-unsaturated/α-hetero) is 1. The summed E-state index contributed by atoms with van der Waals surface area (Å²) in [5.74, 6) is -1.76. The van der Waals surface area contributed by atoms with E-state index in [-0.39, 0.29) is 28.9 Å². The molecule has 2 aliphatic heterocycles. The Morgan fingerprint density at radius 2 is 1.64 bits per heavy atom. The second-order valence-electron chi connectivity index (χ2n) is 8.95. The van der Waals surface area contributed by atoms with Gasteiger partial charge in [-0.2, -0.15) is 0 Å². The fraction of sp³-hybridized carbons (Fsp3) is 0.269. The van der Waals surface area contributed by atoms with Gasteiger partial charge in [-0.15, -0.1) is 11.3 Å². The van der Waals surface area contributed by atoms with Crippen LogP contribution in [0.4, 0.5) is 11.4 Å². The minimum absolute atomic E-state index is 0.0613. The summed E-state index contributed by atoms with van der Waals surface area (Å²) in [7, 11) is -3.75. The number of fused-ring (bicyclic) bond motifs is 1. The lowest BCUT2D eigenvalue weighted by molar-refractivity contribution is -0.118. The summed E-state index contributed by atoms with van der Waals surface area (Å²) in [6.45, 7) is 1.96. The van der Waals surface area contributed by atoms with Crippen molar-refractivity contribution in [2.45, 2.75) is 29.9 Å². The van der Waals surface area contributed by atoms with Crippen LogP contribution in [0.15, 0.2) is 58.8 Å². The number of ketones is 1. The van der Waals surface area contributed by atoms with Gasteiger partial charge in [-0.3, -0.25) is 14.4 Å². The molecule has 1 aromatic heterocycles. The van der Waals surface area contributed by atoms with E-state index in [9.17, 15) is 22.8 Å². The number of rotatable bonds is 7. The number of thiophene rings is 1. The Hall–Kier alpha value is -3.01.